The van der Waals surface area contributed by atoms with E-state index >= 15 is 0 Å². The molecule has 7 heteroatoms. The Morgan fingerprint density at radius 2 is 2.09 bits per heavy atom. The van der Waals surface area contributed by atoms with E-state index in [4.69, 9.17) is 21.1 Å². The van der Waals surface area contributed by atoms with Crippen molar-refractivity contribution in [1.29, 1.82) is 0 Å². The number of benzene rings is 1. The van der Waals surface area contributed by atoms with Crippen molar-refractivity contribution in [3.63, 3.8) is 0 Å². The summed E-state index contributed by atoms with van der Waals surface area (Å²) in [6, 6.07) is 6.28. The third-order valence-electron chi connectivity index (χ3n) is 4.54. The fourth-order valence-corrected chi connectivity index (χ4v) is 5.03. The van der Waals surface area contributed by atoms with Gasteiger partial charge in [0.2, 0.25) is 10.0 Å². The summed E-state index contributed by atoms with van der Waals surface area (Å²) in [5.74, 6) is 0. The highest BCUT2D eigenvalue weighted by molar-refractivity contribution is 7.89. The van der Waals surface area contributed by atoms with Crippen molar-refractivity contribution >= 4 is 21.6 Å². The Morgan fingerprint density at radius 3 is 2.68 bits per heavy atom. The first-order valence-corrected chi connectivity index (χ1v) is 9.22. The fourth-order valence-electron chi connectivity index (χ4n) is 3.39. The zero-order chi connectivity index (χ0) is 15.8. The van der Waals surface area contributed by atoms with Crippen molar-refractivity contribution in [3.05, 3.63) is 29.3 Å². The van der Waals surface area contributed by atoms with Gasteiger partial charge in [-0.3, -0.25) is 0 Å². The van der Waals surface area contributed by atoms with E-state index in [0.717, 1.165) is 12.8 Å². The topological polar surface area (TPSA) is 55.8 Å². The first kappa shape index (κ1) is 16.2. The highest BCUT2D eigenvalue weighted by Gasteiger charge is 2.49. The van der Waals surface area contributed by atoms with E-state index < -0.39 is 15.6 Å². The number of hydrogen-bond acceptors (Lipinski definition) is 4. The maximum absolute atomic E-state index is 12.8. The molecule has 0 aliphatic carbocycles. The Morgan fingerprint density at radius 1 is 1.36 bits per heavy atom. The van der Waals surface area contributed by atoms with Gasteiger partial charge in [-0.2, -0.15) is 4.31 Å². The van der Waals surface area contributed by atoms with E-state index in [1.165, 1.54) is 4.31 Å². The van der Waals surface area contributed by atoms with Crippen molar-refractivity contribution in [1.82, 2.24) is 4.31 Å². The highest BCUT2D eigenvalue weighted by Crippen LogP contribution is 2.38. The van der Waals surface area contributed by atoms with Crippen molar-refractivity contribution in [2.45, 2.75) is 35.9 Å². The van der Waals surface area contributed by atoms with Crippen molar-refractivity contribution in [2.24, 2.45) is 0 Å². The molecular weight excluding hydrogens is 326 g/mol. The van der Waals surface area contributed by atoms with Crippen LogP contribution in [-0.4, -0.2) is 51.2 Å². The van der Waals surface area contributed by atoms with Gasteiger partial charge in [-0.1, -0.05) is 11.6 Å². The molecule has 1 aromatic carbocycles. The molecule has 1 spiro atoms. The van der Waals surface area contributed by atoms with E-state index in [-0.39, 0.29) is 11.0 Å². The number of halogens is 1. The molecule has 1 aromatic rings. The smallest absolute Gasteiger partial charge is 0.243 e. The number of sulfonamides is 1. The van der Waals surface area contributed by atoms with Crippen molar-refractivity contribution < 1.29 is 17.9 Å². The van der Waals surface area contributed by atoms with Gasteiger partial charge in [-0.25, -0.2) is 8.42 Å². The minimum absolute atomic E-state index is 0.0494. The van der Waals surface area contributed by atoms with Crippen LogP contribution >= 0.6 is 11.6 Å². The first-order chi connectivity index (χ1) is 10.5. The average Bonchev–Trinajstić information content (AvgIpc) is 2.96. The Hall–Kier alpha value is -0.660. The number of ether oxygens (including phenoxy) is 2. The number of piperidine rings is 1. The second-order valence-corrected chi connectivity index (χ2v) is 8.20. The number of methoxy groups -OCH3 is 1. The first-order valence-electron chi connectivity index (χ1n) is 7.40. The lowest BCUT2D eigenvalue weighted by Crippen LogP contribution is -2.58. The molecule has 3 rings (SSSR count). The summed E-state index contributed by atoms with van der Waals surface area (Å²) in [7, 11) is -1.87. The summed E-state index contributed by atoms with van der Waals surface area (Å²) in [6.45, 7) is 1.44. The quantitative estimate of drug-likeness (QED) is 0.843. The molecule has 0 unspecified atom stereocenters. The van der Waals surface area contributed by atoms with Gasteiger partial charge in [0, 0.05) is 31.8 Å². The van der Waals surface area contributed by atoms with Crippen LogP contribution in [0.3, 0.4) is 0 Å². The van der Waals surface area contributed by atoms with Gasteiger partial charge in [-0.15, -0.1) is 0 Å². The highest BCUT2D eigenvalue weighted by atomic mass is 35.5. The molecule has 2 heterocycles. The minimum Gasteiger partial charge on any atom is -0.378 e. The van der Waals surface area contributed by atoms with Crippen molar-refractivity contribution in [3.8, 4) is 0 Å². The maximum atomic E-state index is 12.8. The molecule has 0 aromatic heterocycles. The number of nitrogens with zero attached hydrogens (tertiary/aromatic N) is 1. The molecule has 0 radical (unpaired) electrons. The second kappa shape index (κ2) is 6.09. The second-order valence-electron chi connectivity index (χ2n) is 5.82. The molecule has 22 heavy (non-hydrogen) atoms. The molecular formula is C15H20ClNO4S. The van der Waals surface area contributed by atoms with Crippen LogP contribution in [-0.2, 0) is 19.5 Å². The van der Waals surface area contributed by atoms with E-state index in [1.807, 2.05) is 0 Å². The minimum atomic E-state index is -3.53. The summed E-state index contributed by atoms with van der Waals surface area (Å²) in [6.07, 6.45) is 2.36. The van der Waals surface area contributed by atoms with Crippen LogP contribution in [0.2, 0.25) is 5.02 Å². The SMILES string of the molecule is CO[C@H]1CCN(S(=O)(=O)c2ccc(Cl)cc2)C[C@@]12CCCO2. The molecule has 0 bridgehead atoms. The number of hydrogen-bond donors (Lipinski definition) is 0. The zero-order valence-electron chi connectivity index (χ0n) is 12.5. The van der Waals surface area contributed by atoms with Gasteiger partial charge >= 0.3 is 0 Å². The summed E-state index contributed by atoms with van der Waals surface area (Å²) < 4.78 is 38.6. The molecule has 2 aliphatic heterocycles. The maximum Gasteiger partial charge on any atom is 0.243 e. The lowest BCUT2D eigenvalue weighted by molar-refractivity contribution is -0.132. The standard InChI is InChI=1S/C15H20ClNO4S/c1-20-14-7-9-17(11-15(14)8-2-10-21-15)22(18,19)13-5-3-12(16)4-6-13/h3-6,14H,2,7-11H2,1H3/t14-,15-/m0/s1. The molecule has 2 saturated heterocycles. The molecule has 5 nitrogen and oxygen atoms in total. The monoisotopic (exact) mass is 345 g/mol. The normalized spacial score (nSPS) is 30.0. The summed E-state index contributed by atoms with van der Waals surface area (Å²) in [5.41, 5.74) is -0.507. The Labute approximate surface area is 136 Å². The lowest BCUT2D eigenvalue weighted by atomic mass is 9.88. The molecule has 0 saturated carbocycles. The van der Waals surface area contributed by atoms with Crippen LogP contribution in [0.25, 0.3) is 0 Å². The summed E-state index contributed by atoms with van der Waals surface area (Å²) in [4.78, 5) is 0.265. The predicted octanol–water partition coefficient (Wildman–Crippen LogP) is 2.30. The van der Waals surface area contributed by atoms with Gasteiger partial charge < -0.3 is 9.47 Å². The van der Waals surface area contributed by atoms with Gasteiger partial charge in [0.25, 0.3) is 0 Å². The van der Waals surface area contributed by atoms with Crippen LogP contribution in [0, 0.1) is 0 Å². The third-order valence-corrected chi connectivity index (χ3v) is 6.65. The van der Waals surface area contributed by atoms with Gasteiger partial charge in [0.1, 0.15) is 5.60 Å². The van der Waals surface area contributed by atoms with Crippen molar-refractivity contribution in [2.75, 3.05) is 26.8 Å². The van der Waals surface area contributed by atoms with E-state index in [0.29, 0.717) is 31.1 Å². The van der Waals surface area contributed by atoms with Crippen LogP contribution in [0.1, 0.15) is 19.3 Å². The van der Waals surface area contributed by atoms with E-state index in [1.54, 1.807) is 31.4 Å². The zero-order valence-corrected chi connectivity index (χ0v) is 14.1. The summed E-state index contributed by atoms with van der Waals surface area (Å²) in [5, 5.41) is 0.521. The Balaban J connectivity index is 1.87. The fraction of sp³-hybridized carbons (Fsp3) is 0.600. The Kier molecular flexibility index (Phi) is 4.49. The third kappa shape index (κ3) is 2.78. The van der Waals surface area contributed by atoms with Gasteiger partial charge in [-0.05, 0) is 43.5 Å². The predicted molar refractivity (Wildman–Crippen MR) is 83.5 cm³/mol. The van der Waals surface area contributed by atoms with Crippen LogP contribution < -0.4 is 0 Å². The molecule has 122 valence electrons. The molecule has 2 fully saturated rings. The molecule has 2 aliphatic rings. The van der Waals surface area contributed by atoms with Crippen LogP contribution in [0.4, 0.5) is 0 Å². The Bertz CT molecular complexity index is 625. The van der Waals surface area contributed by atoms with Crippen LogP contribution in [0.5, 0.6) is 0 Å². The van der Waals surface area contributed by atoms with Gasteiger partial charge in [0.15, 0.2) is 0 Å². The molecule has 0 N–H and O–H groups in total. The van der Waals surface area contributed by atoms with Gasteiger partial charge in [0.05, 0.1) is 11.0 Å². The van der Waals surface area contributed by atoms with E-state index in [9.17, 15) is 8.42 Å². The number of rotatable bonds is 3. The average molecular weight is 346 g/mol. The summed E-state index contributed by atoms with van der Waals surface area (Å²) >= 11 is 5.84. The molecule has 0 amide bonds. The largest absolute Gasteiger partial charge is 0.378 e. The molecule has 2 atom stereocenters. The van der Waals surface area contributed by atoms with Crippen LogP contribution in [0.15, 0.2) is 29.2 Å². The lowest BCUT2D eigenvalue weighted by Gasteiger charge is -2.44. The van der Waals surface area contributed by atoms with E-state index in [2.05, 4.69) is 0 Å².